The first-order valence-electron chi connectivity index (χ1n) is 5.53. The second-order valence-corrected chi connectivity index (χ2v) is 5.15. The Labute approximate surface area is 99.5 Å². The normalized spacial score (nSPS) is 14.4. The first-order chi connectivity index (χ1) is 7.86. The van der Waals surface area contributed by atoms with Crippen LogP contribution in [0.15, 0.2) is 40.7 Å². The van der Waals surface area contributed by atoms with Crippen LogP contribution in [0.25, 0.3) is 0 Å². The first-order valence-corrected chi connectivity index (χ1v) is 6.41. The van der Waals surface area contributed by atoms with E-state index in [1.807, 2.05) is 0 Å². The van der Waals surface area contributed by atoms with E-state index < -0.39 is 0 Å². The molecule has 1 aliphatic rings. The second-order valence-electron chi connectivity index (χ2n) is 4.03. The zero-order valence-corrected chi connectivity index (χ0v) is 10.1. The van der Waals surface area contributed by atoms with Crippen LogP contribution in [0.1, 0.15) is 21.6 Å². The molecule has 0 saturated carbocycles. The molecule has 1 aromatic heterocycles. The molecular formula is C14H13NS. The van der Waals surface area contributed by atoms with Crippen molar-refractivity contribution in [2.24, 2.45) is 4.99 Å². The number of hydrogen-bond acceptors (Lipinski definition) is 2. The number of hydrogen-bond donors (Lipinski definition) is 0. The average molecular weight is 227 g/mol. The van der Waals surface area contributed by atoms with Crippen molar-refractivity contribution in [3.05, 3.63) is 57.3 Å². The number of fused-ring (bicyclic) bond motifs is 1. The summed E-state index contributed by atoms with van der Waals surface area (Å²) in [6.07, 6.45) is 1.07. The fraction of sp³-hybridized carbons (Fsp3) is 0.214. The molecule has 1 nitrogen and oxygen atoms in total. The predicted molar refractivity (Wildman–Crippen MR) is 69.7 cm³/mol. The molecule has 0 amide bonds. The number of rotatable bonds is 1. The summed E-state index contributed by atoms with van der Waals surface area (Å²) < 4.78 is 0. The summed E-state index contributed by atoms with van der Waals surface area (Å²) in [6, 6.07) is 10.8. The molecule has 0 saturated heterocycles. The lowest BCUT2D eigenvalue weighted by atomic mass is 9.94. The van der Waals surface area contributed by atoms with Crippen LogP contribution in [-0.2, 0) is 6.42 Å². The van der Waals surface area contributed by atoms with Crippen LogP contribution in [0.2, 0.25) is 0 Å². The Morgan fingerprint density at radius 2 is 2.00 bits per heavy atom. The number of benzene rings is 1. The minimum atomic E-state index is 0.918. The van der Waals surface area contributed by atoms with Gasteiger partial charge >= 0.3 is 0 Å². The van der Waals surface area contributed by atoms with Gasteiger partial charge in [-0.05, 0) is 30.4 Å². The van der Waals surface area contributed by atoms with E-state index in [-0.39, 0.29) is 0 Å². The minimum Gasteiger partial charge on any atom is -0.284 e. The van der Waals surface area contributed by atoms with Crippen molar-refractivity contribution in [3.8, 4) is 0 Å². The van der Waals surface area contributed by atoms with E-state index in [1.54, 1.807) is 11.3 Å². The lowest BCUT2D eigenvalue weighted by molar-refractivity contribution is 0.944. The lowest BCUT2D eigenvalue weighted by Crippen LogP contribution is -2.13. The summed E-state index contributed by atoms with van der Waals surface area (Å²) in [5, 5.41) is 2.14. The van der Waals surface area contributed by atoms with Gasteiger partial charge in [0.25, 0.3) is 0 Å². The van der Waals surface area contributed by atoms with E-state index in [2.05, 4.69) is 42.6 Å². The summed E-state index contributed by atoms with van der Waals surface area (Å²) in [6.45, 7) is 3.08. The number of aryl methyl sites for hydroxylation is 1. The molecular weight excluding hydrogens is 214 g/mol. The Balaban J connectivity index is 2.16. The quantitative estimate of drug-likeness (QED) is 0.707. The van der Waals surface area contributed by atoms with Crippen LogP contribution in [0.4, 0.5) is 0 Å². The van der Waals surface area contributed by atoms with Gasteiger partial charge in [-0.3, -0.25) is 4.99 Å². The largest absolute Gasteiger partial charge is 0.284 e. The van der Waals surface area contributed by atoms with Crippen molar-refractivity contribution in [1.29, 1.82) is 0 Å². The van der Waals surface area contributed by atoms with Crippen LogP contribution in [0.5, 0.6) is 0 Å². The van der Waals surface area contributed by atoms with Gasteiger partial charge in [-0.25, -0.2) is 0 Å². The maximum absolute atomic E-state index is 4.70. The van der Waals surface area contributed by atoms with E-state index in [0.29, 0.717) is 0 Å². The van der Waals surface area contributed by atoms with E-state index in [4.69, 9.17) is 4.99 Å². The monoisotopic (exact) mass is 227 g/mol. The topological polar surface area (TPSA) is 12.4 Å². The third-order valence-corrected chi connectivity index (χ3v) is 3.88. The SMILES string of the molecule is Cc1sccc1C1=NCCc2ccccc21. The molecule has 2 aromatic rings. The van der Waals surface area contributed by atoms with Crippen molar-refractivity contribution in [2.75, 3.05) is 6.54 Å². The van der Waals surface area contributed by atoms with Crippen molar-refractivity contribution >= 4 is 17.0 Å². The average Bonchev–Trinajstić information content (AvgIpc) is 2.75. The van der Waals surface area contributed by atoms with E-state index in [0.717, 1.165) is 13.0 Å². The molecule has 2 heteroatoms. The molecule has 0 fully saturated rings. The summed E-state index contributed by atoms with van der Waals surface area (Å²) in [5.74, 6) is 0. The zero-order chi connectivity index (χ0) is 11.0. The third kappa shape index (κ3) is 1.50. The van der Waals surface area contributed by atoms with Crippen LogP contribution < -0.4 is 0 Å². The van der Waals surface area contributed by atoms with E-state index in [9.17, 15) is 0 Å². The molecule has 0 unspecified atom stereocenters. The molecule has 1 aromatic carbocycles. The Morgan fingerprint density at radius 3 is 2.81 bits per heavy atom. The summed E-state index contributed by atoms with van der Waals surface area (Å²) >= 11 is 1.79. The van der Waals surface area contributed by atoms with Gasteiger partial charge in [0.05, 0.1) is 5.71 Å². The van der Waals surface area contributed by atoms with Crippen LogP contribution >= 0.6 is 11.3 Å². The fourth-order valence-electron chi connectivity index (χ4n) is 2.20. The van der Waals surface area contributed by atoms with Gasteiger partial charge in [-0.2, -0.15) is 0 Å². The van der Waals surface area contributed by atoms with Crippen molar-refractivity contribution < 1.29 is 0 Å². The highest BCUT2D eigenvalue weighted by Crippen LogP contribution is 2.24. The zero-order valence-electron chi connectivity index (χ0n) is 9.23. The molecule has 0 atom stereocenters. The maximum atomic E-state index is 4.70. The minimum absolute atomic E-state index is 0.918. The highest BCUT2D eigenvalue weighted by Gasteiger charge is 2.16. The molecule has 1 aliphatic heterocycles. The first kappa shape index (κ1) is 9.79. The van der Waals surface area contributed by atoms with Crippen molar-refractivity contribution in [2.45, 2.75) is 13.3 Å². The lowest BCUT2D eigenvalue weighted by Gasteiger charge is -2.16. The van der Waals surface area contributed by atoms with Gasteiger partial charge in [-0.15, -0.1) is 11.3 Å². The molecule has 3 rings (SSSR count). The highest BCUT2D eigenvalue weighted by molar-refractivity contribution is 7.10. The van der Waals surface area contributed by atoms with Gasteiger partial charge in [0.2, 0.25) is 0 Å². The number of nitrogens with zero attached hydrogens (tertiary/aromatic N) is 1. The molecule has 0 radical (unpaired) electrons. The number of aliphatic imine (C=N–C) groups is 1. The molecule has 80 valence electrons. The maximum Gasteiger partial charge on any atom is 0.0732 e. The molecule has 2 heterocycles. The highest BCUT2D eigenvalue weighted by atomic mass is 32.1. The van der Waals surface area contributed by atoms with Gasteiger partial charge in [0.15, 0.2) is 0 Å². The summed E-state index contributed by atoms with van der Waals surface area (Å²) in [5.41, 5.74) is 5.23. The van der Waals surface area contributed by atoms with Crippen LogP contribution in [0, 0.1) is 6.92 Å². The Bertz CT molecular complexity index is 551. The van der Waals surface area contributed by atoms with Crippen molar-refractivity contribution in [3.63, 3.8) is 0 Å². The third-order valence-electron chi connectivity index (χ3n) is 3.04. The van der Waals surface area contributed by atoms with Gasteiger partial charge in [0.1, 0.15) is 0 Å². The summed E-state index contributed by atoms with van der Waals surface area (Å²) in [7, 11) is 0. The van der Waals surface area contributed by atoms with E-state index in [1.165, 1.54) is 27.3 Å². The van der Waals surface area contributed by atoms with Crippen LogP contribution in [0.3, 0.4) is 0 Å². The van der Waals surface area contributed by atoms with Gasteiger partial charge in [-0.1, -0.05) is 24.3 Å². The second kappa shape index (κ2) is 3.87. The molecule has 0 N–H and O–H groups in total. The predicted octanol–water partition coefficient (Wildman–Crippen LogP) is 3.45. The van der Waals surface area contributed by atoms with Crippen LogP contribution in [-0.4, -0.2) is 12.3 Å². The number of thiophene rings is 1. The molecule has 0 aliphatic carbocycles. The molecule has 0 bridgehead atoms. The van der Waals surface area contributed by atoms with E-state index >= 15 is 0 Å². The van der Waals surface area contributed by atoms with Crippen molar-refractivity contribution in [1.82, 2.24) is 0 Å². The Morgan fingerprint density at radius 1 is 1.12 bits per heavy atom. The Hall–Kier alpha value is -1.41. The van der Waals surface area contributed by atoms with Gasteiger partial charge in [0, 0.05) is 22.5 Å². The van der Waals surface area contributed by atoms with Gasteiger partial charge < -0.3 is 0 Å². The molecule has 0 spiro atoms. The smallest absolute Gasteiger partial charge is 0.0732 e. The Kier molecular flexibility index (Phi) is 2.37. The molecule has 16 heavy (non-hydrogen) atoms. The standard InChI is InChI=1S/C14H13NS/c1-10-12(7-9-16-10)14-13-5-3-2-4-11(13)6-8-15-14/h2-5,7,9H,6,8H2,1H3. The summed E-state index contributed by atoms with van der Waals surface area (Å²) in [4.78, 5) is 6.05. The fourth-order valence-corrected chi connectivity index (χ4v) is 2.90.